The van der Waals surface area contributed by atoms with Crippen LogP contribution in [0, 0.1) is 17.7 Å². The Hall–Kier alpha value is -2.26. The lowest BCUT2D eigenvalue weighted by Gasteiger charge is -2.22. The average Bonchev–Trinajstić information content (AvgIpc) is 3.49. The number of primary sulfonamides is 1. The van der Waals surface area contributed by atoms with Crippen molar-refractivity contribution in [1.82, 2.24) is 5.32 Å². The van der Waals surface area contributed by atoms with Crippen molar-refractivity contribution in [1.29, 1.82) is 0 Å². The van der Waals surface area contributed by atoms with Crippen molar-refractivity contribution in [3.63, 3.8) is 0 Å². The third-order valence-corrected chi connectivity index (χ3v) is 6.95. The summed E-state index contributed by atoms with van der Waals surface area (Å²) in [5.41, 5.74) is 0.590. The molecule has 1 saturated heterocycles. The molecule has 1 aliphatic heterocycles. The fourth-order valence-electron chi connectivity index (χ4n) is 3.50. The van der Waals surface area contributed by atoms with E-state index in [0.29, 0.717) is 30.9 Å². The summed E-state index contributed by atoms with van der Waals surface area (Å²) in [7, 11) is -3.95. The van der Waals surface area contributed by atoms with Crippen molar-refractivity contribution in [2.45, 2.75) is 50.2 Å². The first-order valence-corrected chi connectivity index (χ1v) is 11.7. The maximum absolute atomic E-state index is 14.1. The van der Waals surface area contributed by atoms with E-state index in [1.54, 1.807) is 13.0 Å². The fraction of sp³-hybridized carbons (Fsp3) is 0.524. The quantitative estimate of drug-likeness (QED) is 0.454. The fourth-order valence-corrected chi connectivity index (χ4v) is 4.55. The number of piperidine rings is 1. The summed E-state index contributed by atoms with van der Waals surface area (Å²) in [5, 5.41) is 6.68. The van der Waals surface area contributed by atoms with Gasteiger partial charge in [-0.1, -0.05) is 25.1 Å². The number of nitrogens with two attached hydrogens (primary N) is 1. The molecule has 2 amide bonds. The van der Waals surface area contributed by atoms with Gasteiger partial charge in [-0.15, -0.1) is 0 Å². The van der Waals surface area contributed by atoms with E-state index in [1.165, 1.54) is 24.3 Å². The van der Waals surface area contributed by atoms with Crippen LogP contribution in [0.3, 0.4) is 0 Å². The third kappa shape index (κ3) is 5.89. The maximum atomic E-state index is 14.1. The van der Waals surface area contributed by atoms with Crippen molar-refractivity contribution < 1.29 is 27.1 Å². The van der Waals surface area contributed by atoms with Crippen molar-refractivity contribution in [3.05, 3.63) is 41.7 Å². The summed E-state index contributed by atoms with van der Waals surface area (Å²) in [6, 6.07) is 4.31. The second kappa shape index (κ2) is 9.26. The first-order chi connectivity index (χ1) is 14.1. The van der Waals surface area contributed by atoms with Gasteiger partial charge in [0.25, 0.3) is 0 Å². The Morgan fingerprint density at radius 1 is 1.30 bits per heavy atom. The molecule has 2 fully saturated rings. The van der Waals surface area contributed by atoms with E-state index in [-0.39, 0.29) is 29.9 Å². The van der Waals surface area contributed by atoms with Crippen LogP contribution in [0.15, 0.2) is 30.4 Å². The second-order valence-electron chi connectivity index (χ2n) is 8.10. The van der Waals surface area contributed by atoms with Gasteiger partial charge in [0.15, 0.2) is 11.6 Å². The Morgan fingerprint density at radius 2 is 2.03 bits per heavy atom. The normalized spacial score (nSPS) is 22.0. The molecule has 1 saturated carbocycles. The standard InChI is InChI=1S/C21H27FN2O5S/c1-13(16-7-9-17(22)18(11-16)29-12-14-5-6-14)19(30(23,27)28)4-2-3-15-8-10-20(25)24-21(15)26/h2,4,7,9,11,13-15,19H,3,5-6,8,10,12H2,1H3,(H2,23,27,28)(H,24,25,26)/t13-,15?,19?/m1/s1. The van der Waals surface area contributed by atoms with Crippen LogP contribution < -0.4 is 15.2 Å². The highest BCUT2D eigenvalue weighted by Gasteiger charge is 2.29. The number of carbonyl (C=O) groups is 2. The number of hydrogen-bond donors (Lipinski definition) is 2. The largest absolute Gasteiger partial charge is 0.490 e. The molecule has 1 aromatic rings. The Balaban J connectivity index is 1.72. The number of hydrogen-bond acceptors (Lipinski definition) is 5. The Labute approximate surface area is 175 Å². The van der Waals surface area contributed by atoms with Crippen LogP contribution in [-0.4, -0.2) is 32.1 Å². The Morgan fingerprint density at radius 3 is 2.67 bits per heavy atom. The average molecular weight is 439 g/mol. The number of amides is 2. The molecule has 3 atom stereocenters. The van der Waals surface area contributed by atoms with Gasteiger partial charge in [-0.2, -0.15) is 0 Å². The highest BCUT2D eigenvalue weighted by atomic mass is 32.2. The van der Waals surface area contributed by atoms with Gasteiger partial charge in [0.05, 0.1) is 11.9 Å². The molecular formula is C21H27FN2O5S. The number of imide groups is 1. The lowest BCUT2D eigenvalue weighted by Crippen LogP contribution is -2.40. The van der Waals surface area contributed by atoms with E-state index in [1.807, 2.05) is 0 Å². The van der Waals surface area contributed by atoms with Gasteiger partial charge in [-0.25, -0.2) is 17.9 Å². The number of nitrogens with one attached hydrogen (secondary N) is 1. The summed E-state index contributed by atoms with van der Waals surface area (Å²) in [6.07, 6.45) is 6.21. The lowest BCUT2D eigenvalue weighted by atomic mass is 9.93. The predicted octanol–water partition coefficient (Wildman–Crippen LogP) is 2.37. The van der Waals surface area contributed by atoms with E-state index in [9.17, 15) is 22.4 Å². The minimum absolute atomic E-state index is 0.104. The van der Waals surface area contributed by atoms with Gasteiger partial charge in [0.1, 0.15) is 0 Å². The number of ether oxygens (including phenoxy) is 1. The second-order valence-corrected chi connectivity index (χ2v) is 9.82. The van der Waals surface area contributed by atoms with E-state index < -0.39 is 27.0 Å². The zero-order valence-electron chi connectivity index (χ0n) is 16.8. The van der Waals surface area contributed by atoms with E-state index in [0.717, 1.165) is 12.8 Å². The van der Waals surface area contributed by atoms with Crippen molar-refractivity contribution in [2.75, 3.05) is 6.61 Å². The van der Waals surface area contributed by atoms with Crippen molar-refractivity contribution in [2.24, 2.45) is 17.0 Å². The topological polar surface area (TPSA) is 116 Å². The summed E-state index contributed by atoms with van der Waals surface area (Å²) < 4.78 is 44.0. The first-order valence-electron chi connectivity index (χ1n) is 10.1. The van der Waals surface area contributed by atoms with Crippen molar-refractivity contribution in [3.8, 4) is 5.75 Å². The molecule has 0 bridgehead atoms. The molecule has 0 aromatic heterocycles. The van der Waals surface area contributed by atoms with Gasteiger partial charge in [0, 0.05) is 18.3 Å². The Bertz CT molecular complexity index is 943. The summed E-state index contributed by atoms with van der Waals surface area (Å²) in [6.45, 7) is 2.14. The molecule has 1 aliphatic carbocycles. The molecule has 2 aliphatic rings. The molecule has 0 spiro atoms. The molecule has 3 N–H and O–H groups in total. The minimum Gasteiger partial charge on any atom is -0.490 e. The molecule has 7 nitrogen and oxygen atoms in total. The number of rotatable bonds is 9. The number of sulfonamides is 1. The molecule has 9 heteroatoms. The number of halogens is 1. The molecular weight excluding hydrogens is 411 g/mol. The van der Waals surface area contributed by atoms with Crippen LogP contribution in [0.5, 0.6) is 5.75 Å². The van der Waals surface area contributed by atoms with E-state index in [4.69, 9.17) is 9.88 Å². The van der Waals surface area contributed by atoms with Crippen LogP contribution in [0.1, 0.15) is 50.5 Å². The molecule has 1 heterocycles. The smallest absolute Gasteiger partial charge is 0.229 e. The van der Waals surface area contributed by atoms with Crippen molar-refractivity contribution >= 4 is 21.8 Å². The van der Waals surface area contributed by atoms with Gasteiger partial charge < -0.3 is 4.74 Å². The van der Waals surface area contributed by atoms with E-state index in [2.05, 4.69) is 5.32 Å². The summed E-state index contributed by atoms with van der Waals surface area (Å²) in [5.74, 6) is -1.53. The highest BCUT2D eigenvalue weighted by molar-refractivity contribution is 7.90. The highest BCUT2D eigenvalue weighted by Crippen LogP contribution is 2.32. The lowest BCUT2D eigenvalue weighted by molar-refractivity contribution is -0.136. The molecule has 30 heavy (non-hydrogen) atoms. The monoisotopic (exact) mass is 438 g/mol. The van der Waals surface area contributed by atoms with Crippen LogP contribution in [0.4, 0.5) is 4.39 Å². The molecule has 164 valence electrons. The molecule has 3 rings (SSSR count). The van der Waals surface area contributed by atoms with Gasteiger partial charge in [-0.3, -0.25) is 14.9 Å². The number of allylic oxidation sites excluding steroid dienone is 1. The van der Waals surface area contributed by atoms with Crippen LogP contribution in [0.25, 0.3) is 0 Å². The Kier molecular flexibility index (Phi) is 6.92. The van der Waals surface area contributed by atoms with Crippen LogP contribution >= 0.6 is 0 Å². The van der Waals surface area contributed by atoms with Gasteiger partial charge in [-0.05, 0) is 49.3 Å². The first kappa shape index (κ1) is 22.4. The SMILES string of the molecule is C[C@H](c1ccc(F)c(OCC2CC2)c1)C(C=CCC1CCC(=O)NC1=O)S(N)(=O)=O. The molecule has 0 radical (unpaired) electrons. The minimum atomic E-state index is -3.95. The maximum Gasteiger partial charge on any atom is 0.229 e. The number of carbonyl (C=O) groups excluding carboxylic acids is 2. The third-order valence-electron chi connectivity index (χ3n) is 5.62. The molecule has 2 unspecified atom stereocenters. The van der Waals surface area contributed by atoms with E-state index >= 15 is 0 Å². The zero-order valence-corrected chi connectivity index (χ0v) is 17.7. The zero-order chi connectivity index (χ0) is 21.9. The predicted molar refractivity (Wildman–Crippen MR) is 110 cm³/mol. The van der Waals surface area contributed by atoms with Gasteiger partial charge in [0.2, 0.25) is 21.8 Å². The van der Waals surface area contributed by atoms with Crippen LogP contribution in [0.2, 0.25) is 0 Å². The summed E-state index contributed by atoms with van der Waals surface area (Å²) >= 11 is 0. The van der Waals surface area contributed by atoms with Crippen LogP contribution in [-0.2, 0) is 19.6 Å². The number of benzene rings is 1. The van der Waals surface area contributed by atoms with Gasteiger partial charge >= 0.3 is 0 Å². The molecule has 1 aromatic carbocycles. The summed E-state index contributed by atoms with van der Waals surface area (Å²) in [4.78, 5) is 23.1.